The zero-order valence-corrected chi connectivity index (χ0v) is 18.2. The quantitative estimate of drug-likeness (QED) is 0.410. The van der Waals surface area contributed by atoms with Gasteiger partial charge in [-0.1, -0.05) is 61.2 Å². The summed E-state index contributed by atoms with van der Waals surface area (Å²) >= 11 is 0. The average molecular weight is 439 g/mol. The highest BCUT2D eigenvalue weighted by Gasteiger charge is 2.29. The van der Waals surface area contributed by atoms with E-state index in [-0.39, 0.29) is 25.7 Å². The molecule has 0 aliphatic heterocycles. The topological polar surface area (TPSA) is 88.1 Å². The Balaban J connectivity index is 1.56. The van der Waals surface area contributed by atoms with Gasteiger partial charge in [-0.2, -0.15) is 0 Å². The Kier molecular flexibility index (Phi) is 8.69. The fourth-order valence-electron chi connectivity index (χ4n) is 3.89. The van der Waals surface area contributed by atoms with Crippen molar-refractivity contribution in [2.45, 2.75) is 18.8 Å². The van der Waals surface area contributed by atoms with Crippen LogP contribution in [0.4, 0.5) is 9.59 Å². The summed E-state index contributed by atoms with van der Waals surface area (Å²) in [5.74, 6) is -0.00709. The lowest BCUT2D eigenvalue weighted by Crippen LogP contribution is -2.36. The Labute approximate surface area is 188 Å². The molecule has 2 amide bonds. The van der Waals surface area contributed by atoms with Gasteiger partial charge >= 0.3 is 12.2 Å². The highest BCUT2D eigenvalue weighted by atomic mass is 16.6. The van der Waals surface area contributed by atoms with Crippen LogP contribution in [0.3, 0.4) is 0 Å². The van der Waals surface area contributed by atoms with E-state index in [0.29, 0.717) is 32.5 Å². The van der Waals surface area contributed by atoms with Crippen LogP contribution in [0.25, 0.3) is 11.1 Å². The van der Waals surface area contributed by atoms with Crippen LogP contribution in [-0.4, -0.2) is 61.6 Å². The monoisotopic (exact) mass is 438 g/mol. The standard InChI is InChI=1S/C25H30N2O5/c1-2-17-31-24(29)26-13-7-14-27(15-8-16-28)25(30)32-18-23-21-11-5-3-9-19(21)20-10-4-6-12-22(20)23/h2-6,9-12,23,28H,1,7-8,13-18H2,(H,26,29). The number of nitrogens with one attached hydrogen (secondary N) is 1. The molecule has 0 saturated heterocycles. The van der Waals surface area contributed by atoms with Gasteiger partial charge in [0.1, 0.15) is 13.2 Å². The molecule has 170 valence electrons. The number of carbonyl (C=O) groups excluding carboxylic acids is 2. The number of fused-ring (bicyclic) bond motifs is 3. The van der Waals surface area contributed by atoms with Gasteiger partial charge in [-0.25, -0.2) is 9.59 Å². The van der Waals surface area contributed by atoms with Crippen molar-refractivity contribution < 1.29 is 24.2 Å². The van der Waals surface area contributed by atoms with E-state index in [1.54, 1.807) is 4.90 Å². The van der Waals surface area contributed by atoms with Crippen molar-refractivity contribution >= 4 is 12.2 Å². The maximum Gasteiger partial charge on any atom is 0.409 e. The van der Waals surface area contributed by atoms with Gasteiger partial charge in [0.2, 0.25) is 0 Å². The summed E-state index contributed by atoms with van der Waals surface area (Å²) < 4.78 is 10.6. The minimum Gasteiger partial charge on any atom is -0.448 e. The Morgan fingerprint density at radius 3 is 2.25 bits per heavy atom. The zero-order chi connectivity index (χ0) is 22.8. The second-order valence-electron chi connectivity index (χ2n) is 7.54. The molecule has 0 bridgehead atoms. The zero-order valence-electron chi connectivity index (χ0n) is 18.2. The van der Waals surface area contributed by atoms with Crippen molar-refractivity contribution in [3.8, 4) is 11.1 Å². The number of benzene rings is 2. The van der Waals surface area contributed by atoms with Crippen LogP contribution >= 0.6 is 0 Å². The maximum atomic E-state index is 12.8. The van der Waals surface area contributed by atoms with E-state index in [0.717, 1.165) is 11.1 Å². The van der Waals surface area contributed by atoms with Gasteiger partial charge in [0.15, 0.2) is 0 Å². The van der Waals surface area contributed by atoms with E-state index in [1.165, 1.54) is 17.2 Å². The summed E-state index contributed by atoms with van der Waals surface area (Å²) in [7, 11) is 0. The number of hydrogen-bond acceptors (Lipinski definition) is 5. The molecule has 2 N–H and O–H groups in total. The van der Waals surface area contributed by atoms with Crippen LogP contribution < -0.4 is 5.32 Å². The first kappa shape index (κ1) is 23.3. The first-order valence-corrected chi connectivity index (χ1v) is 10.9. The van der Waals surface area contributed by atoms with Crippen molar-refractivity contribution in [1.82, 2.24) is 10.2 Å². The van der Waals surface area contributed by atoms with Gasteiger partial charge in [-0.05, 0) is 35.1 Å². The lowest BCUT2D eigenvalue weighted by atomic mass is 9.98. The Morgan fingerprint density at radius 1 is 1.00 bits per heavy atom. The van der Waals surface area contributed by atoms with Gasteiger partial charge in [0, 0.05) is 32.2 Å². The molecule has 0 atom stereocenters. The summed E-state index contributed by atoms with van der Waals surface area (Å²) in [5.41, 5.74) is 4.67. The van der Waals surface area contributed by atoms with E-state index in [1.807, 2.05) is 24.3 Å². The van der Waals surface area contributed by atoms with Crippen molar-refractivity contribution in [3.63, 3.8) is 0 Å². The van der Waals surface area contributed by atoms with Crippen molar-refractivity contribution in [2.75, 3.05) is 39.5 Å². The lowest BCUT2D eigenvalue weighted by Gasteiger charge is -2.23. The number of amides is 2. The van der Waals surface area contributed by atoms with Crippen LogP contribution in [0.5, 0.6) is 0 Å². The SMILES string of the molecule is C=CCOC(=O)NCCCN(CCCO)C(=O)OCC1c2ccccc2-c2ccccc21. The molecule has 3 rings (SSSR count). The molecular formula is C25H30N2O5. The third-order valence-corrected chi connectivity index (χ3v) is 5.39. The number of hydrogen-bond donors (Lipinski definition) is 2. The minimum atomic E-state index is -0.520. The first-order chi connectivity index (χ1) is 15.7. The second kappa shape index (κ2) is 11.9. The van der Waals surface area contributed by atoms with E-state index in [9.17, 15) is 14.7 Å². The number of alkyl carbamates (subject to hydrolysis) is 1. The molecule has 32 heavy (non-hydrogen) atoms. The maximum absolute atomic E-state index is 12.8. The molecule has 0 fully saturated rings. The van der Waals surface area contributed by atoms with Gasteiger partial charge in [-0.15, -0.1) is 0 Å². The van der Waals surface area contributed by atoms with E-state index in [4.69, 9.17) is 9.47 Å². The summed E-state index contributed by atoms with van der Waals surface area (Å²) in [6, 6.07) is 16.4. The van der Waals surface area contributed by atoms with Crippen LogP contribution in [-0.2, 0) is 9.47 Å². The molecule has 7 nitrogen and oxygen atoms in total. The molecule has 0 unspecified atom stereocenters. The Hall–Kier alpha value is -3.32. The van der Waals surface area contributed by atoms with Gasteiger partial charge in [-0.3, -0.25) is 0 Å². The Bertz CT molecular complexity index is 885. The van der Waals surface area contributed by atoms with Crippen LogP contribution in [0.15, 0.2) is 61.2 Å². The summed E-state index contributed by atoms with van der Waals surface area (Å²) in [6.45, 7) is 5.01. The number of nitrogens with zero attached hydrogens (tertiary/aromatic N) is 1. The van der Waals surface area contributed by atoms with Gasteiger partial charge < -0.3 is 24.8 Å². The van der Waals surface area contributed by atoms with Crippen molar-refractivity contribution in [2.24, 2.45) is 0 Å². The second-order valence-corrected chi connectivity index (χ2v) is 7.54. The molecule has 2 aromatic rings. The summed E-state index contributed by atoms with van der Waals surface area (Å²) in [6.07, 6.45) is 1.55. The highest BCUT2D eigenvalue weighted by Crippen LogP contribution is 2.44. The first-order valence-electron chi connectivity index (χ1n) is 10.9. The number of ether oxygens (including phenoxy) is 2. The third-order valence-electron chi connectivity index (χ3n) is 5.39. The minimum absolute atomic E-state index is 0.00709. The third kappa shape index (κ3) is 5.88. The number of carbonyl (C=O) groups is 2. The lowest BCUT2D eigenvalue weighted by molar-refractivity contribution is 0.0965. The molecule has 7 heteroatoms. The average Bonchev–Trinajstić information content (AvgIpc) is 3.14. The predicted octanol–water partition coefficient (Wildman–Crippen LogP) is 3.92. The smallest absolute Gasteiger partial charge is 0.409 e. The van der Waals surface area contributed by atoms with Crippen LogP contribution in [0.1, 0.15) is 29.9 Å². The molecular weight excluding hydrogens is 408 g/mol. The predicted molar refractivity (Wildman–Crippen MR) is 123 cm³/mol. The van der Waals surface area contributed by atoms with E-state index in [2.05, 4.69) is 36.2 Å². The molecule has 1 aliphatic carbocycles. The molecule has 0 heterocycles. The largest absolute Gasteiger partial charge is 0.448 e. The van der Waals surface area contributed by atoms with Crippen LogP contribution in [0.2, 0.25) is 0 Å². The fraction of sp³-hybridized carbons (Fsp3) is 0.360. The number of aliphatic hydroxyl groups is 1. The van der Waals surface area contributed by atoms with Gasteiger partial charge in [0.05, 0.1) is 0 Å². The molecule has 0 saturated carbocycles. The molecule has 2 aromatic carbocycles. The summed E-state index contributed by atoms with van der Waals surface area (Å²) in [4.78, 5) is 25.9. The fourth-order valence-corrected chi connectivity index (χ4v) is 3.89. The Morgan fingerprint density at radius 2 is 1.62 bits per heavy atom. The summed E-state index contributed by atoms with van der Waals surface area (Å²) in [5, 5.41) is 11.8. The van der Waals surface area contributed by atoms with E-state index >= 15 is 0 Å². The number of aliphatic hydroxyl groups excluding tert-OH is 1. The number of rotatable bonds is 11. The molecule has 1 aliphatic rings. The van der Waals surface area contributed by atoms with Crippen molar-refractivity contribution in [1.29, 1.82) is 0 Å². The van der Waals surface area contributed by atoms with Gasteiger partial charge in [0.25, 0.3) is 0 Å². The highest BCUT2D eigenvalue weighted by molar-refractivity contribution is 5.79. The van der Waals surface area contributed by atoms with Crippen LogP contribution in [0, 0.1) is 0 Å². The molecule has 0 spiro atoms. The van der Waals surface area contributed by atoms with E-state index < -0.39 is 12.2 Å². The normalized spacial score (nSPS) is 11.9. The molecule has 0 aromatic heterocycles. The molecule has 0 radical (unpaired) electrons. The van der Waals surface area contributed by atoms with Crippen molar-refractivity contribution in [3.05, 3.63) is 72.3 Å².